The molecule has 2 heterocycles. The highest BCUT2D eigenvalue weighted by Crippen LogP contribution is 2.17. The molecule has 0 aliphatic carbocycles. The lowest BCUT2D eigenvalue weighted by molar-refractivity contribution is 0.0936. The Hall–Kier alpha value is -0.950. The summed E-state index contributed by atoms with van der Waals surface area (Å²) >= 11 is 1.47. The van der Waals surface area contributed by atoms with Gasteiger partial charge in [0.25, 0.3) is 5.91 Å². The predicted molar refractivity (Wildman–Crippen MR) is 66.1 cm³/mol. The highest BCUT2D eigenvalue weighted by atomic mass is 32.2. The molecule has 0 saturated carbocycles. The molecule has 1 aliphatic heterocycles. The quantitative estimate of drug-likeness (QED) is 0.860. The van der Waals surface area contributed by atoms with E-state index in [0.717, 1.165) is 9.88 Å². The molecule has 1 amide bonds. The minimum Gasteiger partial charge on any atom is -0.347 e. The van der Waals surface area contributed by atoms with Gasteiger partial charge in [0.15, 0.2) is 9.84 Å². The lowest BCUT2D eigenvalue weighted by Crippen LogP contribution is -2.36. The van der Waals surface area contributed by atoms with E-state index in [0.29, 0.717) is 12.1 Å². The first-order chi connectivity index (χ1) is 7.87. The number of sulfone groups is 1. The number of rotatable bonds is 2. The Labute approximate surface area is 104 Å². The molecule has 2 rings (SSSR count). The highest BCUT2D eigenvalue weighted by Gasteiger charge is 2.29. The Morgan fingerprint density at radius 3 is 2.65 bits per heavy atom. The molecule has 0 spiro atoms. The van der Waals surface area contributed by atoms with E-state index >= 15 is 0 Å². The van der Waals surface area contributed by atoms with Gasteiger partial charge in [0.05, 0.1) is 16.5 Å². The average molecular weight is 274 g/mol. The maximum atomic E-state index is 11.9. The average Bonchev–Trinajstić information content (AvgIpc) is 2.69. The summed E-state index contributed by atoms with van der Waals surface area (Å²) in [6.07, 6.45) is 0.496. The van der Waals surface area contributed by atoms with Crippen LogP contribution in [0.15, 0.2) is 0 Å². The van der Waals surface area contributed by atoms with E-state index in [4.69, 9.17) is 0 Å². The fourth-order valence-corrected chi connectivity index (χ4v) is 4.39. The zero-order chi connectivity index (χ0) is 12.6. The number of nitrogens with zero attached hydrogens (tertiary/aromatic N) is 1. The molecule has 1 fully saturated rings. The Morgan fingerprint density at radius 2 is 2.18 bits per heavy atom. The van der Waals surface area contributed by atoms with E-state index in [1.54, 1.807) is 0 Å². The van der Waals surface area contributed by atoms with Gasteiger partial charge in [0.1, 0.15) is 5.69 Å². The van der Waals surface area contributed by atoms with Crippen LogP contribution in [0.25, 0.3) is 0 Å². The van der Waals surface area contributed by atoms with Gasteiger partial charge in [-0.3, -0.25) is 4.79 Å². The summed E-state index contributed by atoms with van der Waals surface area (Å²) in [5.41, 5.74) is 0.414. The van der Waals surface area contributed by atoms with Crippen LogP contribution in [0, 0.1) is 13.8 Å². The van der Waals surface area contributed by atoms with Crippen molar-refractivity contribution in [3.63, 3.8) is 0 Å². The van der Waals surface area contributed by atoms with Crippen molar-refractivity contribution < 1.29 is 13.2 Å². The van der Waals surface area contributed by atoms with Crippen LogP contribution in [0.4, 0.5) is 0 Å². The predicted octanol–water partition coefficient (Wildman–Crippen LogP) is 0.677. The highest BCUT2D eigenvalue weighted by molar-refractivity contribution is 7.91. The fourth-order valence-electron chi connectivity index (χ4n) is 1.90. The Balaban J connectivity index is 2.06. The number of carbonyl (C=O) groups is 1. The largest absolute Gasteiger partial charge is 0.347 e. The lowest BCUT2D eigenvalue weighted by Gasteiger charge is -2.09. The Kier molecular flexibility index (Phi) is 3.22. The van der Waals surface area contributed by atoms with Gasteiger partial charge in [0.2, 0.25) is 0 Å². The van der Waals surface area contributed by atoms with Gasteiger partial charge in [0, 0.05) is 10.9 Å². The molecule has 1 aliphatic rings. The van der Waals surface area contributed by atoms with Crippen LogP contribution in [0.3, 0.4) is 0 Å². The van der Waals surface area contributed by atoms with Crippen LogP contribution < -0.4 is 5.32 Å². The molecule has 1 aromatic rings. The molecule has 1 N–H and O–H groups in total. The van der Waals surface area contributed by atoms with E-state index < -0.39 is 9.84 Å². The van der Waals surface area contributed by atoms with E-state index in [1.165, 1.54) is 11.3 Å². The number of aryl methyl sites for hydroxylation is 2. The summed E-state index contributed by atoms with van der Waals surface area (Å²) in [5, 5.41) is 3.57. The first-order valence-corrected chi connectivity index (χ1v) is 7.96. The van der Waals surface area contributed by atoms with Gasteiger partial charge in [-0.15, -0.1) is 11.3 Å². The third-order valence-electron chi connectivity index (χ3n) is 2.69. The van der Waals surface area contributed by atoms with Crippen molar-refractivity contribution in [1.82, 2.24) is 10.3 Å². The third kappa shape index (κ3) is 2.84. The van der Waals surface area contributed by atoms with Crippen molar-refractivity contribution >= 4 is 27.1 Å². The Bertz CT molecular complexity index is 548. The lowest BCUT2D eigenvalue weighted by atomic mass is 10.2. The first kappa shape index (κ1) is 12.5. The van der Waals surface area contributed by atoms with Crippen LogP contribution in [-0.4, -0.2) is 36.9 Å². The van der Waals surface area contributed by atoms with E-state index in [9.17, 15) is 13.2 Å². The molecule has 7 heteroatoms. The third-order valence-corrected chi connectivity index (χ3v) is 5.34. The second-order valence-corrected chi connectivity index (χ2v) is 7.85. The zero-order valence-corrected chi connectivity index (χ0v) is 11.3. The van der Waals surface area contributed by atoms with Gasteiger partial charge < -0.3 is 5.32 Å². The van der Waals surface area contributed by atoms with Gasteiger partial charge in [-0.25, -0.2) is 13.4 Å². The number of hydrogen-bond acceptors (Lipinski definition) is 5. The molecular weight excluding hydrogens is 260 g/mol. The van der Waals surface area contributed by atoms with Crippen LogP contribution in [0.1, 0.15) is 26.8 Å². The maximum Gasteiger partial charge on any atom is 0.271 e. The molecule has 1 atom stereocenters. The smallest absolute Gasteiger partial charge is 0.271 e. The molecular formula is C10H14N2O3S2. The maximum absolute atomic E-state index is 11.9. The summed E-state index contributed by atoms with van der Waals surface area (Å²) in [7, 11) is -2.96. The molecule has 5 nitrogen and oxygen atoms in total. The van der Waals surface area contributed by atoms with Gasteiger partial charge in [-0.2, -0.15) is 0 Å². The molecule has 0 radical (unpaired) electrons. The van der Waals surface area contributed by atoms with E-state index in [-0.39, 0.29) is 23.5 Å². The molecule has 1 aromatic heterocycles. The molecule has 1 unspecified atom stereocenters. The number of thiazole rings is 1. The minimum absolute atomic E-state index is 0.0426. The van der Waals surface area contributed by atoms with E-state index in [2.05, 4.69) is 10.3 Å². The Morgan fingerprint density at radius 1 is 1.47 bits per heavy atom. The summed E-state index contributed by atoms with van der Waals surface area (Å²) < 4.78 is 22.5. The normalized spacial score (nSPS) is 22.6. The van der Waals surface area contributed by atoms with Crippen molar-refractivity contribution in [2.75, 3.05) is 11.5 Å². The number of hydrogen-bond donors (Lipinski definition) is 1. The van der Waals surface area contributed by atoms with Crippen molar-refractivity contribution in [2.45, 2.75) is 26.3 Å². The van der Waals surface area contributed by atoms with Crippen LogP contribution in [0.5, 0.6) is 0 Å². The minimum atomic E-state index is -2.96. The van der Waals surface area contributed by atoms with Crippen LogP contribution in [-0.2, 0) is 9.84 Å². The number of aromatic nitrogens is 1. The zero-order valence-electron chi connectivity index (χ0n) is 9.69. The van der Waals surface area contributed by atoms with Crippen molar-refractivity contribution in [2.24, 2.45) is 0 Å². The topological polar surface area (TPSA) is 76.1 Å². The molecule has 0 bridgehead atoms. The van der Waals surface area contributed by atoms with Crippen molar-refractivity contribution in [3.05, 3.63) is 15.6 Å². The van der Waals surface area contributed by atoms with E-state index in [1.807, 2.05) is 13.8 Å². The standard InChI is InChI=1S/C10H14N2O3S2/c1-6-9(11-7(2)16-6)10(13)12-8-3-4-17(14,15)5-8/h8H,3-5H2,1-2H3,(H,12,13). The van der Waals surface area contributed by atoms with Gasteiger partial charge in [-0.05, 0) is 20.3 Å². The first-order valence-electron chi connectivity index (χ1n) is 5.33. The van der Waals surface area contributed by atoms with Crippen molar-refractivity contribution in [1.29, 1.82) is 0 Å². The SMILES string of the molecule is Cc1nc(C(=O)NC2CCS(=O)(=O)C2)c(C)s1. The number of carbonyl (C=O) groups excluding carboxylic acids is 1. The number of amides is 1. The van der Waals surface area contributed by atoms with Crippen molar-refractivity contribution in [3.8, 4) is 0 Å². The monoisotopic (exact) mass is 274 g/mol. The molecule has 0 aromatic carbocycles. The second-order valence-electron chi connectivity index (χ2n) is 4.21. The summed E-state index contributed by atoms with van der Waals surface area (Å²) in [4.78, 5) is 16.9. The van der Waals surface area contributed by atoms with Gasteiger partial charge in [-0.1, -0.05) is 0 Å². The second kappa shape index (κ2) is 4.38. The van der Waals surface area contributed by atoms with Gasteiger partial charge >= 0.3 is 0 Å². The van der Waals surface area contributed by atoms with Crippen LogP contribution >= 0.6 is 11.3 Å². The molecule has 1 saturated heterocycles. The summed E-state index contributed by atoms with van der Waals surface area (Å²) in [6, 6.07) is -0.270. The molecule has 17 heavy (non-hydrogen) atoms. The summed E-state index contributed by atoms with van der Waals surface area (Å²) in [5.74, 6) is -0.0672. The fraction of sp³-hybridized carbons (Fsp3) is 0.600. The summed E-state index contributed by atoms with van der Waals surface area (Å²) in [6.45, 7) is 3.68. The van der Waals surface area contributed by atoms with Crippen LogP contribution in [0.2, 0.25) is 0 Å². The number of nitrogens with one attached hydrogen (secondary N) is 1. The molecule has 94 valence electrons.